The van der Waals surface area contributed by atoms with Crippen LogP contribution >= 0.6 is 0 Å². The molecule has 0 unspecified atom stereocenters. The van der Waals surface area contributed by atoms with Gasteiger partial charge in [-0.2, -0.15) is 0 Å². The van der Waals surface area contributed by atoms with E-state index in [9.17, 15) is 9.59 Å². The van der Waals surface area contributed by atoms with Gasteiger partial charge in [-0.25, -0.2) is 0 Å². The third-order valence-electron chi connectivity index (χ3n) is 4.03. The van der Waals surface area contributed by atoms with Crippen molar-refractivity contribution >= 4 is 11.8 Å². The van der Waals surface area contributed by atoms with Gasteiger partial charge >= 0.3 is 0 Å². The van der Waals surface area contributed by atoms with Crippen molar-refractivity contribution in [3.05, 3.63) is 0 Å². The molecule has 4 heteroatoms. The smallest absolute Gasteiger partial charge is 0.220 e. The molecule has 0 aliphatic heterocycles. The zero-order chi connectivity index (χ0) is 18.2. The minimum absolute atomic E-state index is 0. The topological polar surface area (TPSA) is 58.2 Å². The van der Waals surface area contributed by atoms with Gasteiger partial charge in [0.05, 0.1) is 0 Å². The summed E-state index contributed by atoms with van der Waals surface area (Å²) in [5.41, 5.74) is 0. The van der Waals surface area contributed by atoms with Crippen LogP contribution in [0.5, 0.6) is 0 Å². The molecule has 0 atom stereocenters. The molecule has 24 heavy (non-hydrogen) atoms. The molecule has 0 aliphatic carbocycles. The first-order valence-electron chi connectivity index (χ1n) is 9.95. The highest BCUT2D eigenvalue weighted by atomic mass is 16.2. The van der Waals surface area contributed by atoms with Crippen molar-refractivity contribution in [3.63, 3.8) is 0 Å². The molecule has 2 N–H and O–H groups in total. The van der Waals surface area contributed by atoms with E-state index in [1.54, 1.807) is 0 Å². The van der Waals surface area contributed by atoms with E-state index >= 15 is 0 Å². The molecule has 0 aromatic heterocycles. The lowest BCUT2D eigenvalue weighted by molar-refractivity contribution is -0.122. The normalized spacial score (nSPS) is 11.1. The van der Waals surface area contributed by atoms with Crippen LogP contribution in [-0.2, 0) is 9.59 Å². The number of amides is 2. The monoisotopic (exact) mass is 344 g/mol. The average Bonchev–Trinajstić information content (AvgIpc) is 2.49. The van der Waals surface area contributed by atoms with Crippen molar-refractivity contribution in [2.75, 3.05) is 13.1 Å². The van der Waals surface area contributed by atoms with Gasteiger partial charge in [-0.05, 0) is 37.5 Å². The molecule has 0 saturated heterocycles. The van der Waals surface area contributed by atoms with Gasteiger partial charge in [-0.3, -0.25) is 9.59 Å². The van der Waals surface area contributed by atoms with Crippen molar-refractivity contribution in [3.8, 4) is 0 Å². The van der Waals surface area contributed by atoms with Gasteiger partial charge in [0.2, 0.25) is 11.8 Å². The van der Waals surface area contributed by atoms with Gasteiger partial charge in [0.15, 0.2) is 0 Å². The first kappa shape index (κ1) is 22.9. The number of hydrogen-bond acceptors (Lipinski definition) is 2. The summed E-state index contributed by atoms with van der Waals surface area (Å²) in [6, 6.07) is 0. The maximum Gasteiger partial charge on any atom is 0.220 e. The largest absolute Gasteiger partial charge is 0.356 e. The molecule has 0 spiro atoms. The molecular formula is C20H44N2O2. The maximum atomic E-state index is 11.7. The van der Waals surface area contributed by atoms with Crippen LogP contribution in [-0.4, -0.2) is 24.9 Å². The van der Waals surface area contributed by atoms with E-state index in [4.69, 9.17) is 0 Å². The molecule has 0 aromatic carbocycles. The van der Waals surface area contributed by atoms with E-state index in [1.165, 1.54) is 19.3 Å². The minimum atomic E-state index is 0. The van der Waals surface area contributed by atoms with Gasteiger partial charge in [0.1, 0.15) is 0 Å². The molecule has 146 valence electrons. The Balaban J connectivity index is -0.00000264. The molecule has 0 heterocycles. The predicted octanol–water partition coefficient (Wildman–Crippen LogP) is 4.92. The lowest BCUT2D eigenvalue weighted by atomic mass is 10.1. The molecule has 0 aromatic rings. The molecule has 0 rings (SSSR count). The van der Waals surface area contributed by atoms with Crippen LogP contribution < -0.4 is 10.6 Å². The fourth-order valence-electron chi connectivity index (χ4n) is 2.61. The number of carbonyl (C=O) groups excluding carboxylic acids is 2. The Morgan fingerprint density at radius 2 is 1.25 bits per heavy atom. The highest BCUT2D eigenvalue weighted by molar-refractivity contribution is 5.76. The van der Waals surface area contributed by atoms with E-state index in [2.05, 4.69) is 38.3 Å². The van der Waals surface area contributed by atoms with E-state index in [0.717, 1.165) is 45.2 Å². The van der Waals surface area contributed by atoms with Gasteiger partial charge in [0.25, 0.3) is 0 Å². The number of unbranched alkanes of at least 4 members (excludes halogenated alkanes) is 5. The zero-order valence-electron chi connectivity index (χ0n) is 16.5. The highest BCUT2D eigenvalue weighted by Gasteiger charge is 2.03. The molecule has 2 amide bonds. The highest BCUT2D eigenvalue weighted by Crippen LogP contribution is 2.07. The lowest BCUT2D eigenvalue weighted by Crippen LogP contribution is -2.25. The number of carbonyl (C=O) groups is 2. The molecule has 0 aliphatic rings. The molecule has 0 bridgehead atoms. The first-order valence-corrected chi connectivity index (χ1v) is 9.95. The van der Waals surface area contributed by atoms with Crippen molar-refractivity contribution in [1.29, 1.82) is 0 Å². The minimum Gasteiger partial charge on any atom is -0.356 e. The fourth-order valence-corrected chi connectivity index (χ4v) is 2.61. The average molecular weight is 345 g/mol. The molecule has 0 fully saturated rings. The third kappa shape index (κ3) is 17.3. The molecule has 0 radical (unpaired) electrons. The SMILES string of the molecule is CC(C)CCCNC(=O)CCCCCCCCNC(=O)CC(C)C.[HH].[HH]. The van der Waals surface area contributed by atoms with Gasteiger partial charge in [-0.15, -0.1) is 0 Å². The second-order valence-electron chi connectivity index (χ2n) is 7.71. The summed E-state index contributed by atoms with van der Waals surface area (Å²) in [6.07, 6.45) is 10.2. The van der Waals surface area contributed by atoms with E-state index in [1.807, 2.05) is 0 Å². The fraction of sp³-hybridized carbons (Fsp3) is 0.900. The quantitative estimate of drug-likeness (QED) is 0.414. The van der Waals surface area contributed by atoms with E-state index in [-0.39, 0.29) is 14.7 Å². The van der Waals surface area contributed by atoms with Crippen LogP contribution in [0, 0.1) is 11.8 Å². The Labute approximate surface area is 152 Å². The lowest BCUT2D eigenvalue weighted by Gasteiger charge is -2.07. The van der Waals surface area contributed by atoms with Crippen LogP contribution in [0.1, 0.15) is 94.8 Å². The predicted molar refractivity (Wildman–Crippen MR) is 106 cm³/mol. The van der Waals surface area contributed by atoms with Crippen molar-refractivity contribution in [2.45, 2.75) is 91.9 Å². The van der Waals surface area contributed by atoms with Gasteiger partial charge in [-0.1, -0.05) is 53.4 Å². The van der Waals surface area contributed by atoms with Crippen LogP contribution in [0.3, 0.4) is 0 Å². The van der Waals surface area contributed by atoms with Crippen LogP contribution in [0.25, 0.3) is 0 Å². The number of nitrogens with one attached hydrogen (secondary N) is 2. The molecule has 4 nitrogen and oxygen atoms in total. The Bertz CT molecular complexity index is 338. The summed E-state index contributed by atoms with van der Waals surface area (Å²) >= 11 is 0. The Morgan fingerprint density at radius 3 is 1.88 bits per heavy atom. The second kappa shape index (κ2) is 15.5. The summed E-state index contributed by atoms with van der Waals surface area (Å²) < 4.78 is 0. The molecule has 0 saturated carbocycles. The van der Waals surface area contributed by atoms with Crippen LogP contribution in [0.4, 0.5) is 0 Å². The summed E-state index contributed by atoms with van der Waals surface area (Å²) in [4.78, 5) is 23.1. The third-order valence-corrected chi connectivity index (χ3v) is 4.03. The Morgan fingerprint density at radius 1 is 0.708 bits per heavy atom. The zero-order valence-corrected chi connectivity index (χ0v) is 16.5. The van der Waals surface area contributed by atoms with E-state index in [0.29, 0.717) is 24.7 Å². The van der Waals surface area contributed by atoms with Gasteiger partial charge < -0.3 is 10.6 Å². The second-order valence-corrected chi connectivity index (χ2v) is 7.71. The molecular weight excluding hydrogens is 300 g/mol. The summed E-state index contributed by atoms with van der Waals surface area (Å²) in [7, 11) is 0. The van der Waals surface area contributed by atoms with Crippen LogP contribution in [0.15, 0.2) is 0 Å². The Hall–Kier alpha value is -1.06. The summed E-state index contributed by atoms with van der Waals surface area (Å²) in [5.74, 6) is 1.51. The van der Waals surface area contributed by atoms with Crippen molar-refractivity contribution < 1.29 is 12.4 Å². The van der Waals surface area contributed by atoms with E-state index < -0.39 is 0 Å². The number of hydrogen-bond donors (Lipinski definition) is 2. The summed E-state index contributed by atoms with van der Waals surface area (Å²) in [5, 5.41) is 5.97. The summed E-state index contributed by atoms with van der Waals surface area (Å²) in [6.45, 7) is 10.2. The van der Waals surface area contributed by atoms with Crippen molar-refractivity contribution in [2.24, 2.45) is 11.8 Å². The first-order chi connectivity index (χ1) is 11.4. The number of rotatable bonds is 15. The Kier molecular flexibility index (Phi) is 14.8. The van der Waals surface area contributed by atoms with Crippen molar-refractivity contribution in [1.82, 2.24) is 10.6 Å². The van der Waals surface area contributed by atoms with Crippen LogP contribution in [0.2, 0.25) is 0 Å². The van der Waals surface area contributed by atoms with Gasteiger partial charge in [0, 0.05) is 28.8 Å². The standard InChI is InChI=1S/C20H40N2O2.2H2/c1-17(2)12-11-15-21-19(23)13-9-7-5-6-8-10-14-22-20(24)16-18(3)4;;/h17-18H,5-16H2,1-4H3,(H,21,23)(H,22,24);2*1H. The maximum absolute atomic E-state index is 11.7.